The third-order valence-electron chi connectivity index (χ3n) is 2.55. The van der Waals surface area contributed by atoms with E-state index < -0.39 is 17.5 Å². The Kier molecular flexibility index (Phi) is 4.61. The fourth-order valence-electron chi connectivity index (χ4n) is 1.40. The number of carbonyl (C=O) groups excluding carboxylic acids is 1. The van der Waals surface area contributed by atoms with Gasteiger partial charge in [-0.3, -0.25) is 4.79 Å². The smallest absolute Gasteiger partial charge is 0.255 e. The standard InChI is InChI=1S/C12H17F2N3O/c1-16(2)4-5-17(3)12(18)8-6-9(13)10(14)7-11(8)15/h6-7H,4-5,15H2,1-3H3. The fraction of sp³-hybridized carbons (Fsp3) is 0.417. The molecule has 0 radical (unpaired) electrons. The molecule has 0 aliphatic heterocycles. The average molecular weight is 257 g/mol. The van der Waals surface area contributed by atoms with Gasteiger partial charge in [0, 0.05) is 31.9 Å². The molecule has 0 bridgehead atoms. The van der Waals surface area contributed by atoms with Gasteiger partial charge in [0.15, 0.2) is 11.6 Å². The van der Waals surface area contributed by atoms with E-state index in [2.05, 4.69) is 0 Å². The molecule has 0 saturated carbocycles. The van der Waals surface area contributed by atoms with Crippen molar-refractivity contribution in [3.8, 4) is 0 Å². The van der Waals surface area contributed by atoms with Crippen LogP contribution in [0.4, 0.5) is 14.5 Å². The molecule has 1 aromatic carbocycles. The molecule has 1 aromatic rings. The van der Waals surface area contributed by atoms with Gasteiger partial charge in [0.05, 0.1) is 5.56 Å². The highest BCUT2D eigenvalue weighted by molar-refractivity contribution is 5.99. The summed E-state index contributed by atoms with van der Waals surface area (Å²) < 4.78 is 26.0. The Balaban J connectivity index is 2.87. The minimum absolute atomic E-state index is 0.0184. The molecule has 18 heavy (non-hydrogen) atoms. The maximum Gasteiger partial charge on any atom is 0.255 e. The molecule has 1 amide bonds. The first-order chi connectivity index (χ1) is 8.32. The van der Waals surface area contributed by atoms with E-state index in [0.29, 0.717) is 13.1 Å². The number of halogens is 2. The number of anilines is 1. The summed E-state index contributed by atoms with van der Waals surface area (Å²) in [5.41, 5.74) is 5.44. The lowest BCUT2D eigenvalue weighted by molar-refractivity contribution is 0.0786. The van der Waals surface area contributed by atoms with Gasteiger partial charge in [-0.05, 0) is 20.2 Å². The summed E-state index contributed by atoms with van der Waals surface area (Å²) in [5, 5.41) is 0. The fourth-order valence-corrected chi connectivity index (χ4v) is 1.40. The van der Waals surface area contributed by atoms with Crippen molar-refractivity contribution in [1.82, 2.24) is 9.80 Å². The minimum atomic E-state index is -1.08. The summed E-state index contributed by atoms with van der Waals surface area (Å²) in [7, 11) is 5.35. The zero-order valence-corrected chi connectivity index (χ0v) is 10.7. The predicted octanol–water partition coefficient (Wildman–Crippen LogP) is 1.18. The highest BCUT2D eigenvalue weighted by atomic mass is 19.2. The zero-order chi connectivity index (χ0) is 13.9. The van der Waals surface area contributed by atoms with E-state index in [9.17, 15) is 13.6 Å². The lowest BCUT2D eigenvalue weighted by Crippen LogP contribution is -2.34. The van der Waals surface area contributed by atoms with Crippen LogP contribution in [0.25, 0.3) is 0 Å². The topological polar surface area (TPSA) is 49.6 Å². The van der Waals surface area contributed by atoms with Gasteiger partial charge in [0.1, 0.15) is 0 Å². The normalized spacial score (nSPS) is 10.8. The highest BCUT2D eigenvalue weighted by Gasteiger charge is 2.17. The summed E-state index contributed by atoms with van der Waals surface area (Å²) >= 11 is 0. The molecule has 0 fully saturated rings. The first-order valence-corrected chi connectivity index (χ1v) is 5.47. The second kappa shape index (κ2) is 5.77. The molecule has 4 nitrogen and oxygen atoms in total. The summed E-state index contributed by atoms with van der Waals surface area (Å²) in [6.45, 7) is 1.15. The number of nitrogens with two attached hydrogens (primary N) is 1. The number of nitrogen functional groups attached to an aromatic ring is 1. The minimum Gasteiger partial charge on any atom is -0.398 e. The Morgan fingerprint density at radius 2 is 1.72 bits per heavy atom. The SMILES string of the molecule is CN(C)CCN(C)C(=O)c1cc(F)c(F)cc1N. The molecule has 0 heterocycles. The molecule has 0 aromatic heterocycles. The number of benzene rings is 1. The Morgan fingerprint density at radius 1 is 1.17 bits per heavy atom. The Labute approximate surface area is 105 Å². The van der Waals surface area contributed by atoms with E-state index in [0.717, 1.165) is 12.1 Å². The van der Waals surface area contributed by atoms with Crippen LogP contribution in [0.1, 0.15) is 10.4 Å². The molecule has 0 saturated heterocycles. The van der Waals surface area contributed by atoms with E-state index >= 15 is 0 Å². The second-order valence-corrected chi connectivity index (χ2v) is 4.38. The molecular weight excluding hydrogens is 240 g/mol. The Morgan fingerprint density at radius 3 is 2.28 bits per heavy atom. The molecule has 0 spiro atoms. The lowest BCUT2D eigenvalue weighted by atomic mass is 10.1. The quantitative estimate of drug-likeness (QED) is 0.824. The number of hydrogen-bond donors (Lipinski definition) is 1. The summed E-state index contributed by atoms with van der Waals surface area (Å²) in [6, 6.07) is 1.65. The third kappa shape index (κ3) is 3.40. The Bertz CT molecular complexity index is 449. The molecule has 100 valence electrons. The van der Waals surface area contributed by atoms with Crippen LogP contribution in [0, 0.1) is 11.6 Å². The van der Waals surface area contributed by atoms with Gasteiger partial charge in [-0.25, -0.2) is 8.78 Å². The number of rotatable bonds is 4. The number of nitrogens with zero attached hydrogens (tertiary/aromatic N) is 2. The van der Waals surface area contributed by atoms with Crippen molar-refractivity contribution in [2.75, 3.05) is 40.0 Å². The monoisotopic (exact) mass is 257 g/mol. The van der Waals surface area contributed by atoms with E-state index in [1.165, 1.54) is 4.90 Å². The molecule has 0 unspecified atom stereocenters. The first kappa shape index (κ1) is 14.4. The maximum atomic E-state index is 13.1. The van der Waals surface area contributed by atoms with Crippen molar-refractivity contribution in [3.05, 3.63) is 29.3 Å². The van der Waals surface area contributed by atoms with Gasteiger partial charge in [-0.15, -0.1) is 0 Å². The van der Waals surface area contributed by atoms with Gasteiger partial charge < -0.3 is 15.5 Å². The van der Waals surface area contributed by atoms with Crippen molar-refractivity contribution in [1.29, 1.82) is 0 Å². The van der Waals surface area contributed by atoms with Crippen LogP contribution in [0.2, 0.25) is 0 Å². The van der Waals surface area contributed by atoms with Crippen LogP contribution in [-0.2, 0) is 0 Å². The number of carbonyl (C=O) groups is 1. The average Bonchev–Trinajstić information content (AvgIpc) is 2.29. The van der Waals surface area contributed by atoms with E-state index in [-0.39, 0.29) is 11.3 Å². The van der Waals surface area contributed by atoms with Crippen LogP contribution in [0.15, 0.2) is 12.1 Å². The van der Waals surface area contributed by atoms with Crippen molar-refractivity contribution in [2.45, 2.75) is 0 Å². The first-order valence-electron chi connectivity index (χ1n) is 5.47. The molecule has 0 atom stereocenters. The van der Waals surface area contributed by atoms with Crippen LogP contribution in [0.5, 0.6) is 0 Å². The lowest BCUT2D eigenvalue weighted by Gasteiger charge is -2.20. The zero-order valence-electron chi connectivity index (χ0n) is 10.7. The summed E-state index contributed by atoms with van der Waals surface area (Å²) in [6.07, 6.45) is 0. The Hall–Kier alpha value is -1.69. The van der Waals surface area contributed by atoms with Crippen molar-refractivity contribution in [3.63, 3.8) is 0 Å². The molecule has 6 heteroatoms. The molecule has 1 rings (SSSR count). The molecule has 0 aliphatic rings. The van der Waals surface area contributed by atoms with Gasteiger partial charge in [-0.2, -0.15) is 0 Å². The van der Waals surface area contributed by atoms with Crippen LogP contribution < -0.4 is 5.73 Å². The van der Waals surface area contributed by atoms with Gasteiger partial charge in [0.25, 0.3) is 5.91 Å². The second-order valence-electron chi connectivity index (χ2n) is 4.38. The molecule has 2 N–H and O–H groups in total. The van der Waals surface area contributed by atoms with Crippen LogP contribution >= 0.6 is 0 Å². The maximum absolute atomic E-state index is 13.1. The van der Waals surface area contributed by atoms with Crippen LogP contribution in [-0.4, -0.2) is 49.9 Å². The van der Waals surface area contributed by atoms with E-state index in [1.807, 2.05) is 19.0 Å². The highest BCUT2D eigenvalue weighted by Crippen LogP contribution is 2.18. The largest absolute Gasteiger partial charge is 0.398 e. The van der Waals surface area contributed by atoms with Crippen molar-refractivity contribution in [2.24, 2.45) is 0 Å². The van der Waals surface area contributed by atoms with Gasteiger partial charge in [-0.1, -0.05) is 0 Å². The summed E-state index contributed by atoms with van der Waals surface area (Å²) in [5.74, 6) is -2.55. The van der Waals surface area contributed by atoms with Crippen molar-refractivity contribution >= 4 is 11.6 Å². The third-order valence-corrected chi connectivity index (χ3v) is 2.55. The number of hydrogen-bond acceptors (Lipinski definition) is 3. The number of amides is 1. The van der Waals surface area contributed by atoms with Gasteiger partial charge in [0.2, 0.25) is 0 Å². The van der Waals surface area contributed by atoms with Gasteiger partial charge >= 0.3 is 0 Å². The number of likely N-dealkylation sites (N-methyl/N-ethyl adjacent to an activating group) is 2. The van der Waals surface area contributed by atoms with Crippen LogP contribution in [0.3, 0.4) is 0 Å². The molecule has 0 aliphatic carbocycles. The summed E-state index contributed by atoms with van der Waals surface area (Å²) in [4.78, 5) is 15.3. The van der Waals surface area contributed by atoms with E-state index in [1.54, 1.807) is 7.05 Å². The predicted molar refractivity (Wildman–Crippen MR) is 66.3 cm³/mol. The van der Waals surface area contributed by atoms with Crippen molar-refractivity contribution < 1.29 is 13.6 Å². The molecular formula is C12H17F2N3O. The van der Waals surface area contributed by atoms with E-state index in [4.69, 9.17) is 5.73 Å².